The summed E-state index contributed by atoms with van der Waals surface area (Å²) in [6.07, 6.45) is 1.26. The minimum atomic E-state index is 0.342. The normalized spacial score (nSPS) is 15.9. The maximum Gasteiger partial charge on any atom is 0.0172 e. The molecule has 62 valence electrons. The molecule has 1 atom stereocenters. The van der Waals surface area contributed by atoms with Crippen LogP contribution in [0.1, 0.15) is 34.1 Å². The van der Waals surface area contributed by atoms with Gasteiger partial charge >= 0.3 is 0 Å². The first kappa shape index (κ1) is 9.96. The van der Waals surface area contributed by atoms with Crippen LogP contribution in [0.2, 0.25) is 0 Å². The molecule has 0 amide bonds. The third-order valence-corrected chi connectivity index (χ3v) is 2.97. The van der Waals surface area contributed by atoms with E-state index in [1.807, 2.05) is 0 Å². The molecule has 0 radical (unpaired) electrons. The number of hydrogen-bond acceptors (Lipinski definition) is 1. The van der Waals surface area contributed by atoms with E-state index >= 15 is 0 Å². The van der Waals surface area contributed by atoms with Crippen LogP contribution in [0, 0.1) is 5.92 Å². The Hall–Kier alpha value is -0.0400. The van der Waals surface area contributed by atoms with Gasteiger partial charge in [-0.05, 0) is 33.9 Å². The maximum atomic E-state index is 2.31. The van der Waals surface area contributed by atoms with Crippen molar-refractivity contribution in [3.05, 3.63) is 0 Å². The van der Waals surface area contributed by atoms with E-state index < -0.39 is 0 Å². The first-order chi connectivity index (χ1) is 4.42. The summed E-state index contributed by atoms with van der Waals surface area (Å²) in [5, 5.41) is 0. The predicted molar refractivity (Wildman–Crippen MR) is 47.2 cm³/mol. The lowest BCUT2D eigenvalue weighted by Crippen LogP contribution is -2.43. The SMILES string of the molecule is CC[C@H](C)C(C)(C)N(C)C. The Labute approximate surface area is 65.4 Å². The number of nitrogens with zero attached hydrogens (tertiary/aromatic N) is 1. The smallest absolute Gasteiger partial charge is 0.0172 e. The third-order valence-electron chi connectivity index (χ3n) is 2.97. The van der Waals surface area contributed by atoms with E-state index in [0.29, 0.717) is 5.54 Å². The minimum absolute atomic E-state index is 0.342. The quantitative estimate of drug-likeness (QED) is 0.586. The second-order valence-corrected chi connectivity index (χ2v) is 3.86. The molecule has 0 saturated carbocycles. The largest absolute Gasteiger partial charge is 0.304 e. The molecular weight excluding hydrogens is 122 g/mol. The molecule has 1 nitrogen and oxygen atoms in total. The molecule has 0 rings (SSSR count). The Morgan fingerprint density at radius 2 is 1.70 bits per heavy atom. The fraction of sp³-hybridized carbons (Fsp3) is 1.00. The van der Waals surface area contributed by atoms with Gasteiger partial charge in [-0.15, -0.1) is 0 Å². The van der Waals surface area contributed by atoms with Gasteiger partial charge in [-0.3, -0.25) is 0 Å². The fourth-order valence-corrected chi connectivity index (χ4v) is 0.940. The monoisotopic (exact) mass is 143 g/mol. The van der Waals surface area contributed by atoms with Gasteiger partial charge in [0.2, 0.25) is 0 Å². The van der Waals surface area contributed by atoms with E-state index in [9.17, 15) is 0 Å². The summed E-state index contributed by atoms with van der Waals surface area (Å²) in [4.78, 5) is 2.29. The molecule has 0 aliphatic heterocycles. The van der Waals surface area contributed by atoms with Crippen LogP contribution in [0.25, 0.3) is 0 Å². The van der Waals surface area contributed by atoms with E-state index in [0.717, 1.165) is 5.92 Å². The molecular formula is C9H21N. The van der Waals surface area contributed by atoms with Gasteiger partial charge in [-0.25, -0.2) is 0 Å². The van der Waals surface area contributed by atoms with Crippen molar-refractivity contribution in [1.82, 2.24) is 4.90 Å². The Balaban J connectivity index is 4.09. The second kappa shape index (κ2) is 3.38. The van der Waals surface area contributed by atoms with Gasteiger partial charge in [0.1, 0.15) is 0 Å². The molecule has 0 aliphatic carbocycles. The van der Waals surface area contributed by atoms with Crippen LogP contribution in [0.4, 0.5) is 0 Å². The lowest BCUT2D eigenvalue weighted by atomic mass is 9.86. The molecule has 0 bridgehead atoms. The van der Waals surface area contributed by atoms with E-state index in [2.05, 4.69) is 46.7 Å². The summed E-state index contributed by atoms with van der Waals surface area (Å²) in [6, 6.07) is 0. The Kier molecular flexibility index (Phi) is 3.37. The topological polar surface area (TPSA) is 3.24 Å². The first-order valence-electron chi connectivity index (χ1n) is 4.10. The van der Waals surface area contributed by atoms with Crippen molar-refractivity contribution >= 4 is 0 Å². The summed E-state index contributed by atoms with van der Waals surface area (Å²) in [5.41, 5.74) is 0.342. The fourth-order valence-electron chi connectivity index (χ4n) is 0.940. The molecule has 0 saturated heterocycles. The highest BCUT2D eigenvalue weighted by molar-refractivity contribution is 4.81. The van der Waals surface area contributed by atoms with E-state index in [1.165, 1.54) is 6.42 Å². The minimum Gasteiger partial charge on any atom is -0.304 e. The van der Waals surface area contributed by atoms with Crippen LogP contribution in [-0.2, 0) is 0 Å². The average Bonchev–Trinajstić information content (AvgIpc) is 1.86. The van der Waals surface area contributed by atoms with Crippen LogP contribution < -0.4 is 0 Å². The molecule has 0 spiro atoms. The van der Waals surface area contributed by atoms with Gasteiger partial charge in [-0.2, -0.15) is 0 Å². The molecule has 1 heteroatoms. The number of rotatable bonds is 3. The molecule has 0 unspecified atom stereocenters. The van der Waals surface area contributed by atoms with Crippen molar-refractivity contribution in [3.8, 4) is 0 Å². The van der Waals surface area contributed by atoms with Crippen LogP contribution in [0.15, 0.2) is 0 Å². The van der Waals surface area contributed by atoms with E-state index in [-0.39, 0.29) is 0 Å². The standard InChI is InChI=1S/C9H21N/c1-7-8(2)9(3,4)10(5)6/h8H,7H2,1-6H3/t8-/m0/s1. The summed E-state index contributed by atoms with van der Waals surface area (Å²) in [7, 11) is 4.29. The summed E-state index contributed by atoms with van der Waals surface area (Å²) in [6.45, 7) is 9.14. The molecule has 0 aromatic carbocycles. The van der Waals surface area contributed by atoms with Crippen molar-refractivity contribution in [2.75, 3.05) is 14.1 Å². The lowest BCUT2D eigenvalue weighted by Gasteiger charge is -2.38. The summed E-state index contributed by atoms with van der Waals surface area (Å²) >= 11 is 0. The molecule has 0 aromatic heterocycles. The van der Waals surface area contributed by atoms with E-state index in [1.54, 1.807) is 0 Å². The van der Waals surface area contributed by atoms with Crippen molar-refractivity contribution in [2.24, 2.45) is 5.92 Å². The van der Waals surface area contributed by atoms with Crippen LogP contribution in [0.3, 0.4) is 0 Å². The van der Waals surface area contributed by atoms with Gasteiger partial charge in [0.25, 0.3) is 0 Å². The van der Waals surface area contributed by atoms with Crippen LogP contribution >= 0.6 is 0 Å². The van der Waals surface area contributed by atoms with Crippen molar-refractivity contribution in [3.63, 3.8) is 0 Å². The number of hydrogen-bond donors (Lipinski definition) is 0. The average molecular weight is 143 g/mol. The molecule has 0 N–H and O–H groups in total. The van der Waals surface area contributed by atoms with Crippen molar-refractivity contribution in [1.29, 1.82) is 0 Å². The molecule has 0 aliphatic rings. The highest BCUT2D eigenvalue weighted by Crippen LogP contribution is 2.23. The summed E-state index contributed by atoms with van der Waals surface area (Å²) < 4.78 is 0. The molecule has 0 heterocycles. The zero-order valence-corrected chi connectivity index (χ0v) is 8.23. The highest BCUT2D eigenvalue weighted by atomic mass is 15.1. The highest BCUT2D eigenvalue weighted by Gasteiger charge is 2.25. The lowest BCUT2D eigenvalue weighted by molar-refractivity contribution is 0.123. The first-order valence-corrected chi connectivity index (χ1v) is 4.10. The Bertz CT molecular complexity index is 94.9. The van der Waals surface area contributed by atoms with Crippen molar-refractivity contribution in [2.45, 2.75) is 39.7 Å². The van der Waals surface area contributed by atoms with Gasteiger partial charge in [0.05, 0.1) is 0 Å². The maximum absolute atomic E-state index is 2.31. The van der Waals surface area contributed by atoms with Gasteiger partial charge in [0.15, 0.2) is 0 Å². The van der Waals surface area contributed by atoms with E-state index in [4.69, 9.17) is 0 Å². The zero-order chi connectivity index (χ0) is 8.36. The van der Waals surface area contributed by atoms with Crippen LogP contribution in [-0.4, -0.2) is 24.5 Å². The van der Waals surface area contributed by atoms with Gasteiger partial charge in [0, 0.05) is 5.54 Å². The molecule has 0 aromatic rings. The molecule has 10 heavy (non-hydrogen) atoms. The van der Waals surface area contributed by atoms with Crippen molar-refractivity contribution < 1.29 is 0 Å². The predicted octanol–water partition coefficient (Wildman–Crippen LogP) is 2.37. The summed E-state index contributed by atoms with van der Waals surface area (Å²) in [5.74, 6) is 0.766. The van der Waals surface area contributed by atoms with Gasteiger partial charge in [-0.1, -0.05) is 20.3 Å². The zero-order valence-electron chi connectivity index (χ0n) is 8.23. The Morgan fingerprint density at radius 3 is 1.80 bits per heavy atom. The van der Waals surface area contributed by atoms with Gasteiger partial charge < -0.3 is 4.90 Å². The Morgan fingerprint density at radius 1 is 1.30 bits per heavy atom. The van der Waals surface area contributed by atoms with Crippen LogP contribution in [0.5, 0.6) is 0 Å². The second-order valence-electron chi connectivity index (χ2n) is 3.86. The third kappa shape index (κ3) is 1.98. The molecule has 0 fully saturated rings.